The zero-order valence-corrected chi connectivity index (χ0v) is 12.3. The second kappa shape index (κ2) is 6.83. The van der Waals surface area contributed by atoms with E-state index in [-0.39, 0.29) is 0 Å². The number of hydrogen-bond donors (Lipinski definition) is 0. The molecule has 2 rings (SSSR count). The summed E-state index contributed by atoms with van der Waals surface area (Å²) in [6, 6.07) is 13.7. The molecule has 0 fully saturated rings. The Balaban J connectivity index is 2.07. The topological polar surface area (TPSA) is 9.23 Å². The molecule has 0 N–H and O–H groups in total. The molecule has 0 saturated heterocycles. The van der Waals surface area contributed by atoms with E-state index in [0.717, 1.165) is 18.6 Å². The summed E-state index contributed by atoms with van der Waals surface area (Å²) in [5, 5.41) is 1.06. The Morgan fingerprint density at radius 3 is 2.37 bits per heavy atom. The lowest BCUT2D eigenvalue weighted by atomic mass is 10.0. The van der Waals surface area contributed by atoms with E-state index in [2.05, 4.69) is 25.1 Å². The molecule has 0 aliphatic rings. The van der Waals surface area contributed by atoms with E-state index in [1.807, 2.05) is 12.1 Å². The van der Waals surface area contributed by atoms with Crippen LogP contribution in [0.25, 0.3) is 0 Å². The normalized spacial score (nSPS) is 10.5. The van der Waals surface area contributed by atoms with Gasteiger partial charge in [-0.25, -0.2) is 0 Å². The van der Waals surface area contributed by atoms with Gasteiger partial charge >= 0.3 is 0 Å². The third-order valence-electron chi connectivity index (χ3n) is 2.92. The number of benzene rings is 2. The molecule has 2 aromatic rings. The minimum atomic E-state index is 0.515. The molecular formula is C16H16Cl2O. The molecule has 0 radical (unpaired) electrons. The van der Waals surface area contributed by atoms with Crippen LogP contribution in [0.4, 0.5) is 0 Å². The van der Waals surface area contributed by atoms with Gasteiger partial charge in [-0.1, -0.05) is 60.8 Å². The Hall–Kier alpha value is -1.18. The average Bonchev–Trinajstić information content (AvgIpc) is 2.42. The third kappa shape index (κ3) is 3.89. The monoisotopic (exact) mass is 294 g/mol. The molecule has 0 aliphatic heterocycles. The van der Waals surface area contributed by atoms with Crippen LogP contribution >= 0.6 is 23.2 Å². The van der Waals surface area contributed by atoms with Gasteiger partial charge in [-0.15, -0.1) is 0 Å². The van der Waals surface area contributed by atoms with Crippen LogP contribution in [-0.2, 0) is 13.0 Å². The number of rotatable bonds is 5. The van der Waals surface area contributed by atoms with Crippen molar-refractivity contribution in [2.75, 3.05) is 0 Å². The highest BCUT2D eigenvalue weighted by atomic mass is 35.5. The minimum Gasteiger partial charge on any atom is -0.489 e. The van der Waals surface area contributed by atoms with Gasteiger partial charge < -0.3 is 4.74 Å². The highest BCUT2D eigenvalue weighted by molar-refractivity contribution is 6.42. The molecule has 0 spiro atoms. The van der Waals surface area contributed by atoms with Crippen molar-refractivity contribution in [2.45, 2.75) is 26.4 Å². The van der Waals surface area contributed by atoms with Gasteiger partial charge in [0.25, 0.3) is 0 Å². The van der Waals surface area contributed by atoms with Crippen molar-refractivity contribution >= 4 is 23.2 Å². The van der Waals surface area contributed by atoms with Crippen molar-refractivity contribution in [1.29, 1.82) is 0 Å². The molecule has 3 heteroatoms. The number of hydrogen-bond acceptors (Lipinski definition) is 1. The molecule has 0 amide bonds. The molecule has 0 saturated carbocycles. The van der Waals surface area contributed by atoms with E-state index in [1.54, 1.807) is 12.1 Å². The van der Waals surface area contributed by atoms with E-state index in [9.17, 15) is 0 Å². The van der Waals surface area contributed by atoms with Crippen LogP contribution in [0.15, 0.2) is 42.5 Å². The summed E-state index contributed by atoms with van der Waals surface area (Å²) in [4.78, 5) is 0. The van der Waals surface area contributed by atoms with Crippen LogP contribution in [0, 0.1) is 0 Å². The Kier molecular flexibility index (Phi) is 5.12. The maximum atomic E-state index is 5.96. The lowest BCUT2D eigenvalue weighted by Gasteiger charge is -2.11. The molecule has 0 aliphatic carbocycles. The molecule has 0 unspecified atom stereocenters. The first-order chi connectivity index (χ1) is 9.20. The van der Waals surface area contributed by atoms with Gasteiger partial charge in [-0.3, -0.25) is 0 Å². The molecule has 19 heavy (non-hydrogen) atoms. The fourth-order valence-corrected chi connectivity index (χ4v) is 2.23. The molecular weight excluding hydrogens is 279 g/mol. The summed E-state index contributed by atoms with van der Waals surface area (Å²) in [7, 11) is 0. The summed E-state index contributed by atoms with van der Waals surface area (Å²) in [6.45, 7) is 2.73. The fraction of sp³-hybridized carbons (Fsp3) is 0.250. The van der Waals surface area contributed by atoms with E-state index >= 15 is 0 Å². The van der Waals surface area contributed by atoms with Crippen LogP contribution in [0.3, 0.4) is 0 Å². The Labute approximate surface area is 124 Å². The van der Waals surface area contributed by atoms with E-state index < -0.39 is 0 Å². The molecule has 1 nitrogen and oxygen atoms in total. The van der Waals surface area contributed by atoms with Crippen molar-refractivity contribution in [2.24, 2.45) is 0 Å². The molecule has 0 heterocycles. The lowest BCUT2D eigenvalue weighted by Crippen LogP contribution is -2.00. The number of halogens is 2. The Morgan fingerprint density at radius 2 is 1.68 bits per heavy atom. The summed E-state index contributed by atoms with van der Waals surface area (Å²) in [6.07, 6.45) is 2.20. The van der Waals surface area contributed by atoms with Crippen molar-refractivity contribution in [3.63, 3.8) is 0 Å². The van der Waals surface area contributed by atoms with Crippen molar-refractivity contribution < 1.29 is 4.74 Å². The first-order valence-corrected chi connectivity index (χ1v) is 7.11. The van der Waals surface area contributed by atoms with Gasteiger partial charge in [0.1, 0.15) is 12.4 Å². The summed E-state index contributed by atoms with van der Waals surface area (Å²) in [5.41, 5.74) is 2.56. The maximum Gasteiger partial charge on any atom is 0.121 e. The lowest BCUT2D eigenvalue weighted by molar-refractivity contribution is 0.305. The molecule has 100 valence electrons. The first-order valence-electron chi connectivity index (χ1n) is 6.35. The first kappa shape index (κ1) is 14.2. The van der Waals surface area contributed by atoms with Gasteiger partial charge in [0, 0.05) is 6.07 Å². The predicted molar refractivity (Wildman–Crippen MR) is 81.2 cm³/mol. The Morgan fingerprint density at radius 1 is 0.947 bits per heavy atom. The maximum absolute atomic E-state index is 5.96. The molecule has 0 aromatic heterocycles. The van der Waals surface area contributed by atoms with Gasteiger partial charge in [0.15, 0.2) is 0 Å². The van der Waals surface area contributed by atoms with Gasteiger partial charge in [-0.2, -0.15) is 0 Å². The summed E-state index contributed by atoms with van der Waals surface area (Å²) in [5.74, 6) is 0.737. The number of ether oxygens (including phenoxy) is 1. The van der Waals surface area contributed by atoms with Crippen LogP contribution in [0.1, 0.15) is 24.5 Å². The predicted octanol–water partition coefficient (Wildman–Crippen LogP) is 5.52. The van der Waals surface area contributed by atoms with Gasteiger partial charge in [0.05, 0.1) is 10.0 Å². The van der Waals surface area contributed by atoms with Crippen molar-refractivity contribution in [3.8, 4) is 5.75 Å². The van der Waals surface area contributed by atoms with E-state index in [0.29, 0.717) is 16.7 Å². The summed E-state index contributed by atoms with van der Waals surface area (Å²) >= 11 is 11.8. The smallest absolute Gasteiger partial charge is 0.121 e. The molecule has 2 aromatic carbocycles. The van der Waals surface area contributed by atoms with Gasteiger partial charge in [0.2, 0.25) is 0 Å². The van der Waals surface area contributed by atoms with Crippen molar-refractivity contribution in [1.82, 2.24) is 0 Å². The average molecular weight is 295 g/mol. The largest absolute Gasteiger partial charge is 0.489 e. The second-order valence-corrected chi connectivity index (χ2v) is 5.20. The zero-order valence-electron chi connectivity index (χ0n) is 10.8. The molecule has 0 bridgehead atoms. The second-order valence-electron chi connectivity index (χ2n) is 4.38. The summed E-state index contributed by atoms with van der Waals surface area (Å²) < 4.78 is 5.77. The highest BCUT2D eigenvalue weighted by Gasteiger charge is 2.04. The van der Waals surface area contributed by atoms with Crippen LogP contribution in [0.5, 0.6) is 5.75 Å². The van der Waals surface area contributed by atoms with Gasteiger partial charge in [-0.05, 0) is 29.7 Å². The zero-order chi connectivity index (χ0) is 13.7. The van der Waals surface area contributed by atoms with Crippen LogP contribution < -0.4 is 4.74 Å². The Bertz CT molecular complexity index is 552. The minimum absolute atomic E-state index is 0.515. The standard InChI is InChI=1S/C16H16Cl2O/c1-2-5-12-6-3-4-7-13(12)11-19-14-8-9-15(17)16(18)10-14/h3-4,6-10H,2,5,11H2,1H3. The SMILES string of the molecule is CCCc1ccccc1COc1ccc(Cl)c(Cl)c1. The van der Waals surface area contributed by atoms with Crippen LogP contribution in [-0.4, -0.2) is 0 Å². The van der Waals surface area contributed by atoms with E-state index in [4.69, 9.17) is 27.9 Å². The van der Waals surface area contributed by atoms with Crippen molar-refractivity contribution in [3.05, 3.63) is 63.6 Å². The fourth-order valence-electron chi connectivity index (χ4n) is 1.94. The van der Waals surface area contributed by atoms with Crippen LogP contribution in [0.2, 0.25) is 10.0 Å². The number of aryl methyl sites for hydroxylation is 1. The van der Waals surface area contributed by atoms with E-state index in [1.165, 1.54) is 11.1 Å². The highest BCUT2D eigenvalue weighted by Crippen LogP contribution is 2.27. The molecule has 0 atom stereocenters. The quantitative estimate of drug-likeness (QED) is 0.705. The third-order valence-corrected chi connectivity index (χ3v) is 3.66.